The number of rotatable bonds is 4. The van der Waals surface area contributed by atoms with Crippen LogP contribution in [0, 0.1) is 0 Å². The van der Waals surface area contributed by atoms with Crippen molar-refractivity contribution in [1.29, 1.82) is 0 Å². The summed E-state index contributed by atoms with van der Waals surface area (Å²) in [4.78, 5) is 18.0. The maximum absolute atomic E-state index is 10.9. The molecule has 0 fully saturated rings. The van der Waals surface area contributed by atoms with Gasteiger partial charge in [0.05, 0.1) is 6.54 Å². The molecule has 0 atom stereocenters. The summed E-state index contributed by atoms with van der Waals surface area (Å²) >= 11 is 0. The lowest BCUT2D eigenvalue weighted by Gasteiger charge is -2.07. The van der Waals surface area contributed by atoms with Crippen LogP contribution in [0.15, 0.2) is 36.7 Å². The van der Waals surface area contributed by atoms with Crippen LogP contribution in [-0.2, 0) is 11.3 Å². The average Bonchev–Trinajstić information content (AvgIpc) is 2.79. The molecule has 5 heteroatoms. The van der Waals surface area contributed by atoms with Crippen LogP contribution in [0.25, 0.3) is 0 Å². The molecule has 0 unspecified atom stereocenters. The Kier molecular flexibility index (Phi) is 3.40. The summed E-state index contributed by atoms with van der Waals surface area (Å²) in [5.74, 6) is 0.795. The van der Waals surface area contributed by atoms with Gasteiger partial charge in [-0.2, -0.15) is 0 Å². The number of carbonyl (C=O) groups excluding carboxylic acids is 1. The molecule has 3 N–H and O–H groups in total. The standard InChI is InChI=1S/C12H14N4O/c1-9(17)16-11-4-2-3-10(7-11)15-8-12-13-5-6-14-12/h2-7,15H,8H2,1H3,(H,13,14)(H,16,17). The molecule has 5 nitrogen and oxygen atoms in total. The van der Waals surface area contributed by atoms with Gasteiger partial charge in [0.2, 0.25) is 5.91 Å². The van der Waals surface area contributed by atoms with E-state index in [1.54, 1.807) is 12.4 Å². The van der Waals surface area contributed by atoms with Crippen molar-refractivity contribution in [3.8, 4) is 0 Å². The maximum Gasteiger partial charge on any atom is 0.221 e. The molecule has 0 saturated heterocycles. The predicted molar refractivity (Wildman–Crippen MR) is 66.7 cm³/mol. The Morgan fingerprint density at radius 3 is 2.94 bits per heavy atom. The molecule has 0 aliphatic carbocycles. The molecule has 0 saturated carbocycles. The number of carbonyl (C=O) groups is 1. The molecule has 17 heavy (non-hydrogen) atoms. The fourth-order valence-corrected chi connectivity index (χ4v) is 1.49. The van der Waals surface area contributed by atoms with Crippen molar-refractivity contribution in [3.05, 3.63) is 42.5 Å². The number of nitrogens with zero attached hydrogens (tertiary/aromatic N) is 1. The Morgan fingerprint density at radius 1 is 1.41 bits per heavy atom. The Hall–Kier alpha value is -2.30. The number of hydrogen-bond donors (Lipinski definition) is 3. The Bertz CT molecular complexity index is 493. The number of aromatic nitrogens is 2. The molecule has 0 bridgehead atoms. The second-order valence-electron chi connectivity index (χ2n) is 3.65. The fraction of sp³-hybridized carbons (Fsp3) is 0.167. The summed E-state index contributed by atoms with van der Waals surface area (Å²) in [6, 6.07) is 7.55. The van der Waals surface area contributed by atoms with Gasteiger partial charge in [-0.1, -0.05) is 6.07 Å². The molecule has 1 heterocycles. The SMILES string of the molecule is CC(=O)Nc1cccc(NCc2ncc[nH]2)c1. The van der Waals surface area contributed by atoms with Crippen LogP contribution in [0.5, 0.6) is 0 Å². The highest BCUT2D eigenvalue weighted by Gasteiger charge is 1.98. The van der Waals surface area contributed by atoms with Crippen LogP contribution in [-0.4, -0.2) is 15.9 Å². The summed E-state index contributed by atoms with van der Waals surface area (Å²) in [6.07, 6.45) is 3.50. The lowest BCUT2D eigenvalue weighted by atomic mass is 10.2. The van der Waals surface area contributed by atoms with Gasteiger partial charge in [0, 0.05) is 30.7 Å². The minimum absolute atomic E-state index is 0.0758. The topological polar surface area (TPSA) is 69.8 Å². The van der Waals surface area contributed by atoms with Gasteiger partial charge in [0.25, 0.3) is 0 Å². The third kappa shape index (κ3) is 3.34. The molecule has 88 valence electrons. The lowest BCUT2D eigenvalue weighted by Crippen LogP contribution is -2.06. The first kappa shape index (κ1) is 11.2. The number of H-pyrrole nitrogens is 1. The van der Waals surface area contributed by atoms with Crippen molar-refractivity contribution in [2.45, 2.75) is 13.5 Å². The molecule has 1 aromatic heterocycles. The van der Waals surface area contributed by atoms with E-state index in [2.05, 4.69) is 20.6 Å². The van der Waals surface area contributed by atoms with Gasteiger partial charge in [-0.15, -0.1) is 0 Å². The van der Waals surface area contributed by atoms with Gasteiger partial charge in [0.15, 0.2) is 0 Å². The van der Waals surface area contributed by atoms with E-state index in [-0.39, 0.29) is 5.91 Å². The first-order valence-corrected chi connectivity index (χ1v) is 5.34. The molecule has 2 rings (SSSR count). The van der Waals surface area contributed by atoms with Crippen molar-refractivity contribution in [2.24, 2.45) is 0 Å². The first-order chi connectivity index (χ1) is 8.24. The highest BCUT2D eigenvalue weighted by atomic mass is 16.1. The van der Waals surface area contributed by atoms with Crippen molar-refractivity contribution in [3.63, 3.8) is 0 Å². The molecule has 2 aromatic rings. The first-order valence-electron chi connectivity index (χ1n) is 5.34. The summed E-state index contributed by atoms with van der Waals surface area (Å²) in [7, 11) is 0. The van der Waals surface area contributed by atoms with Crippen molar-refractivity contribution in [1.82, 2.24) is 9.97 Å². The molecule has 0 radical (unpaired) electrons. The van der Waals surface area contributed by atoms with Gasteiger partial charge < -0.3 is 15.6 Å². The highest BCUT2D eigenvalue weighted by molar-refractivity contribution is 5.89. The van der Waals surface area contributed by atoms with Crippen LogP contribution in [0.1, 0.15) is 12.7 Å². The number of amides is 1. The third-order valence-corrected chi connectivity index (χ3v) is 2.20. The van der Waals surface area contributed by atoms with Crippen molar-refractivity contribution < 1.29 is 4.79 Å². The van der Waals surface area contributed by atoms with Gasteiger partial charge in [-0.25, -0.2) is 4.98 Å². The minimum atomic E-state index is -0.0758. The zero-order valence-corrected chi connectivity index (χ0v) is 9.53. The van der Waals surface area contributed by atoms with Gasteiger partial charge in [-0.05, 0) is 18.2 Å². The van der Waals surface area contributed by atoms with E-state index in [1.165, 1.54) is 6.92 Å². The summed E-state index contributed by atoms with van der Waals surface area (Å²) in [5, 5.41) is 5.95. The van der Waals surface area contributed by atoms with Crippen LogP contribution >= 0.6 is 0 Å². The molecule has 0 spiro atoms. The molecular weight excluding hydrogens is 216 g/mol. The molecular formula is C12H14N4O. The number of nitrogens with one attached hydrogen (secondary N) is 3. The summed E-state index contributed by atoms with van der Waals surface area (Å²) in [5.41, 5.74) is 1.72. The number of anilines is 2. The van der Waals surface area contributed by atoms with E-state index in [9.17, 15) is 4.79 Å². The smallest absolute Gasteiger partial charge is 0.221 e. The molecule has 1 amide bonds. The van der Waals surface area contributed by atoms with Gasteiger partial charge in [-0.3, -0.25) is 4.79 Å². The lowest BCUT2D eigenvalue weighted by molar-refractivity contribution is -0.114. The summed E-state index contributed by atoms with van der Waals surface area (Å²) < 4.78 is 0. The maximum atomic E-state index is 10.9. The Balaban J connectivity index is 1.98. The molecule has 1 aromatic carbocycles. The zero-order valence-electron chi connectivity index (χ0n) is 9.53. The average molecular weight is 230 g/mol. The normalized spacial score (nSPS) is 9.94. The van der Waals surface area contributed by atoms with E-state index < -0.39 is 0 Å². The monoisotopic (exact) mass is 230 g/mol. The molecule has 0 aliphatic heterocycles. The van der Waals surface area contributed by atoms with E-state index in [0.29, 0.717) is 6.54 Å². The van der Waals surface area contributed by atoms with E-state index >= 15 is 0 Å². The van der Waals surface area contributed by atoms with Crippen LogP contribution < -0.4 is 10.6 Å². The zero-order chi connectivity index (χ0) is 12.1. The van der Waals surface area contributed by atoms with E-state index in [4.69, 9.17) is 0 Å². The number of benzene rings is 1. The predicted octanol–water partition coefficient (Wildman–Crippen LogP) is 1.98. The quantitative estimate of drug-likeness (QED) is 0.752. The largest absolute Gasteiger partial charge is 0.378 e. The van der Waals surface area contributed by atoms with Crippen molar-refractivity contribution >= 4 is 17.3 Å². The summed E-state index contributed by atoms with van der Waals surface area (Å²) in [6.45, 7) is 2.11. The number of aromatic amines is 1. The minimum Gasteiger partial charge on any atom is -0.378 e. The van der Waals surface area contributed by atoms with Crippen LogP contribution in [0.2, 0.25) is 0 Å². The second kappa shape index (κ2) is 5.16. The van der Waals surface area contributed by atoms with Crippen LogP contribution in [0.3, 0.4) is 0 Å². The fourth-order valence-electron chi connectivity index (χ4n) is 1.49. The van der Waals surface area contributed by atoms with Crippen molar-refractivity contribution in [2.75, 3.05) is 10.6 Å². The van der Waals surface area contributed by atoms with Gasteiger partial charge in [0.1, 0.15) is 5.82 Å². The number of imidazole rings is 1. The second-order valence-corrected chi connectivity index (χ2v) is 3.65. The van der Waals surface area contributed by atoms with Gasteiger partial charge >= 0.3 is 0 Å². The van der Waals surface area contributed by atoms with E-state index in [0.717, 1.165) is 17.2 Å². The molecule has 0 aliphatic rings. The Morgan fingerprint density at radius 2 is 2.24 bits per heavy atom. The number of hydrogen-bond acceptors (Lipinski definition) is 3. The van der Waals surface area contributed by atoms with Crippen LogP contribution in [0.4, 0.5) is 11.4 Å². The highest BCUT2D eigenvalue weighted by Crippen LogP contribution is 2.15. The third-order valence-electron chi connectivity index (χ3n) is 2.20. The van der Waals surface area contributed by atoms with E-state index in [1.807, 2.05) is 24.3 Å². The Labute approximate surface area is 99.3 Å².